The molecule has 0 aromatic heterocycles. The highest BCUT2D eigenvalue weighted by molar-refractivity contribution is 5.76. The van der Waals surface area contributed by atoms with Crippen molar-refractivity contribution in [2.75, 3.05) is 6.54 Å². The van der Waals surface area contributed by atoms with Gasteiger partial charge in [0.25, 0.3) is 0 Å². The van der Waals surface area contributed by atoms with Crippen molar-refractivity contribution in [3.63, 3.8) is 0 Å². The number of nitrogens with two attached hydrogens (primary N) is 1. The Morgan fingerprint density at radius 2 is 1.94 bits per heavy atom. The van der Waals surface area contributed by atoms with Crippen LogP contribution < -0.4 is 11.1 Å². The number of hydrogen-bond donors (Lipinski definition) is 2. The monoisotopic (exact) mass is 234 g/mol. The normalized spacial score (nSPS) is 14.1. The summed E-state index contributed by atoms with van der Waals surface area (Å²) in [6.45, 7) is 4.70. The van der Waals surface area contributed by atoms with E-state index in [0.29, 0.717) is 18.9 Å². The average Bonchev–Trinajstić information content (AvgIpc) is 2.36. The minimum atomic E-state index is 0.0666. The first-order valence-corrected chi connectivity index (χ1v) is 6.18. The van der Waals surface area contributed by atoms with Gasteiger partial charge in [0.15, 0.2) is 0 Å². The van der Waals surface area contributed by atoms with E-state index < -0.39 is 0 Å². The van der Waals surface area contributed by atoms with Crippen LogP contribution in [0.15, 0.2) is 30.3 Å². The number of rotatable bonds is 6. The average molecular weight is 234 g/mol. The molecule has 3 nitrogen and oxygen atoms in total. The molecule has 0 heterocycles. The quantitative estimate of drug-likeness (QED) is 0.793. The molecule has 1 amide bonds. The highest BCUT2D eigenvalue weighted by atomic mass is 16.1. The lowest BCUT2D eigenvalue weighted by Crippen LogP contribution is -2.27. The van der Waals surface area contributed by atoms with Crippen molar-refractivity contribution in [1.82, 2.24) is 5.32 Å². The lowest BCUT2D eigenvalue weighted by atomic mass is 10.0. The van der Waals surface area contributed by atoms with Gasteiger partial charge in [0.05, 0.1) is 6.04 Å². The Hall–Kier alpha value is -1.35. The lowest BCUT2D eigenvalue weighted by Gasteiger charge is -2.15. The van der Waals surface area contributed by atoms with E-state index in [-0.39, 0.29) is 11.9 Å². The summed E-state index contributed by atoms with van der Waals surface area (Å²) < 4.78 is 0. The van der Waals surface area contributed by atoms with Gasteiger partial charge in [-0.25, -0.2) is 0 Å². The lowest BCUT2D eigenvalue weighted by molar-refractivity contribution is -0.122. The number of amides is 1. The molecule has 17 heavy (non-hydrogen) atoms. The Kier molecular flexibility index (Phi) is 5.70. The molecule has 94 valence electrons. The molecule has 3 heteroatoms. The summed E-state index contributed by atoms with van der Waals surface area (Å²) in [4.78, 5) is 11.7. The summed E-state index contributed by atoms with van der Waals surface area (Å²) in [5, 5.41) is 3.00. The van der Waals surface area contributed by atoms with Gasteiger partial charge in [-0.15, -0.1) is 0 Å². The smallest absolute Gasteiger partial charge is 0.220 e. The zero-order chi connectivity index (χ0) is 12.7. The third-order valence-corrected chi connectivity index (χ3v) is 2.94. The fourth-order valence-corrected chi connectivity index (χ4v) is 1.63. The molecule has 1 rings (SSSR count). The Morgan fingerprint density at radius 3 is 2.53 bits per heavy atom. The van der Waals surface area contributed by atoms with Crippen molar-refractivity contribution in [2.24, 2.45) is 11.7 Å². The van der Waals surface area contributed by atoms with Crippen LogP contribution in [-0.4, -0.2) is 12.5 Å². The van der Waals surface area contributed by atoms with E-state index in [1.807, 2.05) is 37.3 Å². The van der Waals surface area contributed by atoms with E-state index >= 15 is 0 Å². The second-order valence-corrected chi connectivity index (χ2v) is 4.58. The van der Waals surface area contributed by atoms with Gasteiger partial charge in [-0.3, -0.25) is 4.79 Å². The van der Waals surface area contributed by atoms with E-state index in [1.54, 1.807) is 0 Å². The van der Waals surface area contributed by atoms with Crippen molar-refractivity contribution in [3.8, 4) is 0 Å². The van der Waals surface area contributed by atoms with Crippen LogP contribution >= 0.6 is 0 Å². The summed E-state index contributed by atoms with van der Waals surface area (Å²) >= 11 is 0. The van der Waals surface area contributed by atoms with Crippen LogP contribution in [0.25, 0.3) is 0 Å². The Labute approximate surface area is 103 Å². The van der Waals surface area contributed by atoms with Crippen LogP contribution in [-0.2, 0) is 4.79 Å². The highest BCUT2D eigenvalue weighted by Gasteiger charge is 2.10. The van der Waals surface area contributed by atoms with E-state index in [4.69, 9.17) is 5.73 Å². The van der Waals surface area contributed by atoms with Gasteiger partial charge in [0, 0.05) is 6.42 Å². The van der Waals surface area contributed by atoms with Crippen LogP contribution in [0.1, 0.15) is 38.3 Å². The van der Waals surface area contributed by atoms with Crippen molar-refractivity contribution >= 4 is 5.91 Å². The van der Waals surface area contributed by atoms with E-state index in [9.17, 15) is 4.79 Å². The van der Waals surface area contributed by atoms with Gasteiger partial charge in [-0.2, -0.15) is 0 Å². The minimum Gasteiger partial charge on any atom is -0.350 e. The molecule has 0 spiro atoms. The molecule has 0 bridgehead atoms. The fourth-order valence-electron chi connectivity index (χ4n) is 1.63. The molecule has 0 fully saturated rings. The van der Waals surface area contributed by atoms with Gasteiger partial charge in [-0.1, -0.05) is 37.3 Å². The standard InChI is InChI=1S/C14H22N2O/c1-11(10-15)8-9-14(17)16-12(2)13-6-4-3-5-7-13/h3-7,11-12H,8-10,15H2,1-2H3,(H,16,17)/t11?,12-/m1/s1. The maximum atomic E-state index is 11.7. The summed E-state index contributed by atoms with van der Waals surface area (Å²) in [6.07, 6.45) is 1.40. The van der Waals surface area contributed by atoms with Crippen LogP contribution in [0, 0.1) is 5.92 Å². The maximum absolute atomic E-state index is 11.7. The van der Waals surface area contributed by atoms with Crippen molar-refractivity contribution < 1.29 is 4.79 Å². The van der Waals surface area contributed by atoms with Gasteiger partial charge >= 0.3 is 0 Å². The maximum Gasteiger partial charge on any atom is 0.220 e. The zero-order valence-corrected chi connectivity index (χ0v) is 10.6. The third kappa shape index (κ3) is 5.00. The van der Waals surface area contributed by atoms with Crippen LogP contribution in [0.3, 0.4) is 0 Å². The first kappa shape index (κ1) is 13.7. The van der Waals surface area contributed by atoms with Crippen LogP contribution in [0.5, 0.6) is 0 Å². The minimum absolute atomic E-state index is 0.0666. The zero-order valence-electron chi connectivity index (χ0n) is 10.6. The van der Waals surface area contributed by atoms with E-state index in [1.165, 1.54) is 0 Å². The molecule has 0 saturated heterocycles. The Morgan fingerprint density at radius 1 is 1.29 bits per heavy atom. The van der Waals surface area contributed by atoms with Gasteiger partial charge < -0.3 is 11.1 Å². The first-order chi connectivity index (χ1) is 8.13. The molecule has 1 aromatic carbocycles. The number of carbonyl (C=O) groups excluding carboxylic acids is 1. The molecule has 1 aromatic rings. The summed E-state index contributed by atoms with van der Waals surface area (Å²) in [5.74, 6) is 0.509. The van der Waals surface area contributed by atoms with E-state index in [0.717, 1.165) is 12.0 Å². The molecule has 0 saturated carbocycles. The van der Waals surface area contributed by atoms with Crippen molar-refractivity contribution in [3.05, 3.63) is 35.9 Å². The van der Waals surface area contributed by atoms with Crippen molar-refractivity contribution in [1.29, 1.82) is 0 Å². The van der Waals surface area contributed by atoms with Crippen molar-refractivity contribution in [2.45, 2.75) is 32.7 Å². The second-order valence-electron chi connectivity index (χ2n) is 4.58. The fraction of sp³-hybridized carbons (Fsp3) is 0.500. The number of benzene rings is 1. The largest absolute Gasteiger partial charge is 0.350 e. The molecule has 0 aliphatic heterocycles. The molecule has 2 atom stereocenters. The molecular weight excluding hydrogens is 212 g/mol. The first-order valence-electron chi connectivity index (χ1n) is 6.18. The number of carbonyl (C=O) groups is 1. The van der Waals surface area contributed by atoms with Gasteiger partial charge in [0.2, 0.25) is 5.91 Å². The molecule has 0 aliphatic rings. The van der Waals surface area contributed by atoms with Crippen LogP contribution in [0.4, 0.5) is 0 Å². The Balaban J connectivity index is 2.36. The van der Waals surface area contributed by atoms with Crippen LogP contribution in [0.2, 0.25) is 0 Å². The summed E-state index contributed by atoms with van der Waals surface area (Å²) in [5.41, 5.74) is 6.65. The van der Waals surface area contributed by atoms with Gasteiger partial charge in [0.1, 0.15) is 0 Å². The predicted molar refractivity (Wildman–Crippen MR) is 70.5 cm³/mol. The third-order valence-electron chi connectivity index (χ3n) is 2.94. The number of nitrogens with one attached hydrogen (secondary N) is 1. The van der Waals surface area contributed by atoms with Gasteiger partial charge in [-0.05, 0) is 31.4 Å². The molecule has 0 radical (unpaired) electrons. The number of hydrogen-bond acceptors (Lipinski definition) is 2. The molecule has 0 aliphatic carbocycles. The summed E-state index contributed by atoms with van der Waals surface area (Å²) in [7, 11) is 0. The summed E-state index contributed by atoms with van der Waals surface area (Å²) in [6, 6.07) is 10.0. The molecular formula is C14H22N2O. The molecule has 3 N–H and O–H groups in total. The highest BCUT2D eigenvalue weighted by Crippen LogP contribution is 2.12. The SMILES string of the molecule is CC(CN)CCC(=O)N[C@H](C)c1ccccc1. The second kappa shape index (κ2) is 7.07. The Bertz CT molecular complexity index is 337. The van der Waals surface area contributed by atoms with E-state index in [2.05, 4.69) is 12.2 Å². The molecule has 1 unspecified atom stereocenters. The predicted octanol–water partition coefficient (Wildman–Crippen LogP) is 2.24. The topological polar surface area (TPSA) is 55.1 Å².